The molecule has 0 aliphatic heterocycles. The quantitative estimate of drug-likeness (QED) is 0.673. The summed E-state index contributed by atoms with van der Waals surface area (Å²) < 4.78 is 12.0. The number of anilines is 2. The van der Waals surface area contributed by atoms with Gasteiger partial charge < -0.3 is 9.47 Å². The molecular weight excluding hydrogens is 326 g/mol. The van der Waals surface area contributed by atoms with Crippen LogP contribution in [0.1, 0.15) is 27.2 Å². The molecule has 0 heterocycles. The highest BCUT2D eigenvalue weighted by Gasteiger charge is 2.59. The second kappa shape index (κ2) is 8.02. The number of carbonyl (C=O) groups excluding carboxylic acids is 1. The molecular formula is C22H27NO3. The van der Waals surface area contributed by atoms with E-state index in [9.17, 15) is 4.79 Å². The smallest absolute Gasteiger partial charge is 0.240 e. The molecule has 2 atom stereocenters. The maximum absolute atomic E-state index is 13.6. The maximum atomic E-state index is 13.6. The SMILES string of the molecule is CCOC1(OCC)[C@H](C)C[C@@H]1C(=O)N(c1ccccc1)c1ccccc1. The fourth-order valence-electron chi connectivity index (χ4n) is 3.83. The first kappa shape index (κ1) is 18.6. The molecule has 1 aliphatic rings. The van der Waals surface area contributed by atoms with Gasteiger partial charge in [-0.05, 0) is 44.5 Å². The van der Waals surface area contributed by atoms with Crippen LogP contribution in [0.4, 0.5) is 11.4 Å². The molecule has 138 valence electrons. The van der Waals surface area contributed by atoms with Gasteiger partial charge in [0.2, 0.25) is 5.91 Å². The van der Waals surface area contributed by atoms with Crippen molar-refractivity contribution in [3.05, 3.63) is 60.7 Å². The van der Waals surface area contributed by atoms with Crippen molar-refractivity contribution in [2.75, 3.05) is 18.1 Å². The lowest BCUT2D eigenvalue weighted by atomic mass is 9.68. The van der Waals surface area contributed by atoms with Crippen molar-refractivity contribution in [2.24, 2.45) is 11.8 Å². The van der Waals surface area contributed by atoms with Gasteiger partial charge in [0, 0.05) is 30.5 Å². The Morgan fingerprint density at radius 1 is 0.962 bits per heavy atom. The summed E-state index contributed by atoms with van der Waals surface area (Å²) in [5, 5.41) is 0. The number of para-hydroxylation sites is 2. The van der Waals surface area contributed by atoms with Crippen LogP contribution in [0.2, 0.25) is 0 Å². The third-order valence-corrected chi connectivity index (χ3v) is 5.05. The zero-order valence-electron chi connectivity index (χ0n) is 15.7. The van der Waals surface area contributed by atoms with Gasteiger partial charge in [-0.25, -0.2) is 0 Å². The molecule has 0 unspecified atom stereocenters. The highest BCUT2D eigenvalue weighted by Crippen LogP contribution is 2.49. The summed E-state index contributed by atoms with van der Waals surface area (Å²) >= 11 is 0. The molecule has 4 heteroatoms. The molecule has 0 saturated heterocycles. The van der Waals surface area contributed by atoms with Crippen LogP contribution in [0.25, 0.3) is 0 Å². The zero-order chi connectivity index (χ0) is 18.6. The van der Waals surface area contributed by atoms with Gasteiger partial charge in [-0.15, -0.1) is 0 Å². The topological polar surface area (TPSA) is 38.8 Å². The number of nitrogens with zero attached hydrogens (tertiary/aromatic N) is 1. The first-order valence-electron chi connectivity index (χ1n) is 9.36. The van der Waals surface area contributed by atoms with Crippen molar-refractivity contribution in [3.8, 4) is 0 Å². The van der Waals surface area contributed by atoms with E-state index >= 15 is 0 Å². The Morgan fingerprint density at radius 2 is 1.42 bits per heavy atom. The molecule has 0 N–H and O–H groups in total. The molecule has 1 amide bonds. The summed E-state index contributed by atoms with van der Waals surface area (Å²) in [6.45, 7) is 7.01. The molecule has 2 aromatic carbocycles. The number of rotatable bonds is 7. The van der Waals surface area contributed by atoms with E-state index in [2.05, 4.69) is 6.92 Å². The second-order valence-corrected chi connectivity index (χ2v) is 6.62. The van der Waals surface area contributed by atoms with E-state index in [1.165, 1.54) is 0 Å². The highest BCUT2D eigenvalue weighted by molar-refractivity contribution is 6.02. The third kappa shape index (κ3) is 3.27. The molecule has 1 aliphatic carbocycles. The summed E-state index contributed by atoms with van der Waals surface area (Å²) in [4.78, 5) is 15.4. The number of amides is 1. The Bertz CT molecular complexity index is 671. The van der Waals surface area contributed by atoms with E-state index in [4.69, 9.17) is 9.47 Å². The molecule has 0 bridgehead atoms. The van der Waals surface area contributed by atoms with Crippen LogP contribution in [0.3, 0.4) is 0 Å². The van der Waals surface area contributed by atoms with Crippen molar-refractivity contribution in [1.82, 2.24) is 0 Å². The van der Waals surface area contributed by atoms with Gasteiger partial charge in [0.15, 0.2) is 5.79 Å². The van der Waals surface area contributed by atoms with Crippen molar-refractivity contribution < 1.29 is 14.3 Å². The molecule has 3 rings (SSSR count). The zero-order valence-corrected chi connectivity index (χ0v) is 15.7. The van der Waals surface area contributed by atoms with Crippen molar-refractivity contribution in [3.63, 3.8) is 0 Å². The van der Waals surface area contributed by atoms with E-state index in [0.29, 0.717) is 13.2 Å². The van der Waals surface area contributed by atoms with Crippen molar-refractivity contribution >= 4 is 17.3 Å². The number of carbonyl (C=O) groups is 1. The molecule has 0 spiro atoms. The van der Waals surface area contributed by atoms with E-state index in [-0.39, 0.29) is 17.7 Å². The van der Waals surface area contributed by atoms with Crippen LogP contribution in [-0.2, 0) is 14.3 Å². The van der Waals surface area contributed by atoms with E-state index in [1.54, 1.807) is 4.90 Å². The average molecular weight is 353 g/mol. The standard InChI is InChI=1S/C22H27NO3/c1-4-25-22(26-5-2)17(3)16-20(22)21(24)23(18-12-8-6-9-13-18)19-14-10-7-11-15-19/h6-15,17,20H,4-5,16H2,1-3H3/t17-,20-/m1/s1. The normalized spacial score (nSPS) is 21.0. The lowest BCUT2D eigenvalue weighted by Gasteiger charge is -2.53. The average Bonchev–Trinajstić information content (AvgIpc) is 2.67. The van der Waals surface area contributed by atoms with Gasteiger partial charge in [0.05, 0.1) is 5.92 Å². The first-order chi connectivity index (χ1) is 12.6. The minimum atomic E-state index is -0.831. The van der Waals surface area contributed by atoms with Crippen LogP contribution in [0.5, 0.6) is 0 Å². The summed E-state index contributed by atoms with van der Waals surface area (Å²) in [6, 6.07) is 19.5. The van der Waals surface area contributed by atoms with Gasteiger partial charge in [-0.1, -0.05) is 43.3 Å². The van der Waals surface area contributed by atoms with Crippen LogP contribution in [-0.4, -0.2) is 24.9 Å². The van der Waals surface area contributed by atoms with E-state index in [0.717, 1.165) is 17.8 Å². The predicted molar refractivity (Wildman–Crippen MR) is 103 cm³/mol. The highest BCUT2D eigenvalue weighted by atomic mass is 16.7. The largest absolute Gasteiger partial charge is 0.349 e. The van der Waals surface area contributed by atoms with Gasteiger partial charge in [0.1, 0.15) is 0 Å². The van der Waals surface area contributed by atoms with Gasteiger partial charge in [0.25, 0.3) is 0 Å². The van der Waals surface area contributed by atoms with Crippen LogP contribution >= 0.6 is 0 Å². The number of ether oxygens (including phenoxy) is 2. The Morgan fingerprint density at radius 3 is 1.81 bits per heavy atom. The molecule has 1 fully saturated rings. The van der Waals surface area contributed by atoms with E-state index in [1.807, 2.05) is 74.5 Å². The number of hydrogen-bond acceptors (Lipinski definition) is 3. The Kier molecular flexibility index (Phi) is 5.74. The lowest BCUT2D eigenvalue weighted by molar-refractivity contribution is -0.328. The van der Waals surface area contributed by atoms with Gasteiger partial charge >= 0.3 is 0 Å². The monoisotopic (exact) mass is 353 g/mol. The minimum absolute atomic E-state index is 0.0161. The fourth-order valence-corrected chi connectivity index (χ4v) is 3.83. The third-order valence-electron chi connectivity index (χ3n) is 5.05. The van der Waals surface area contributed by atoms with Crippen molar-refractivity contribution in [2.45, 2.75) is 33.0 Å². The Hall–Kier alpha value is -2.17. The fraction of sp³-hybridized carbons (Fsp3) is 0.409. The molecule has 2 aromatic rings. The summed E-state index contributed by atoms with van der Waals surface area (Å²) in [5.74, 6) is -0.951. The Labute approximate surface area is 155 Å². The van der Waals surface area contributed by atoms with Crippen LogP contribution in [0.15, 0.2) is 60.7 Å². The molecule has 1 saturated carbocycles. The van der Waals surface area contributed by atoms with Crippen LogP contribution < -0.4 is 4.90 Å². The van der Waals surface area contributed by atoms with Gasteiger partial charge in [-0.3, -0.25) is 9.69 Å². The van der Waals surface area contributed by atoms with Crippen LogP contribution in [0, 0.1) is 11.8 Å². The Balaban J connectivity index is 1.98. The number of benzene rings is 2. The predicted octanol–water partition coefficient (Wildman–Crippen LogP) is 4.78. The second-order valence-electron chi connectivity index (χ2n) is 6.62. The molecule has 0 radical (unpaired) electrons. The number of hydrogen-bond donors (Lipinski definition) is 0. The van der Waals surface area contributed by atoms with Gasteiger partial charge in [-0.2, -0.15) is 0 Å². The van der Waals surface area contributed by atoms with E-state index < -0.39 is 5.79 Å². The first-order valence-corrected chi connectivity index (χ1v) is 9.36. The molecule has 0 aromatic heterocycles. The summed E-state index contributed by atoms with van der Waals surface area (Å²) in [6.07, 6.45) is 0.759. The molecule has 4 nitrogen and oxygen atoms in total. The summed E-state index contributed by atoms with van der Waals surface area (Å²) in [5.41, 5.74) is 1.70. The minimum Gasteiger partial charge on any atom is -0.349 e. The summed E-state index contributed by atoms with van der Waals surface area (Å²) in [7, 11) is 0. The van der Waals surface area contributed by atoms with Crippen molar-refractivity contribution in [1.29, 1.82) is 0 Å². The molecule has 26 heavy (non-hydrogen) atoms. The maximum Gasteiger partial charge on any atom is 0.240 e. The lowest BCUT2D eigenvalue weighted by Crippen LogP contribution is -2.63.